The molecule has 2 aromatic rings. The van der Waals surface area contributed by atoms with Crippen molar-refractivity contribution in [2.75, 3.05) is 14.2 Å². The van der Waals surface area contributed by atoms with Crippen molar-refractivity contribution in [1.29, 1.82) is 0 Å². The monoisotopic (exact) mass is 257 g/mol. The van der Waals surface area contributed by atoms with Crippen LogP contribution >= 0.6 is 0 Å². The molecule has 98 valence electrons. The first-order valence-electron chi connectivity index (χ1n) is 5.85. The number of hydrogen-bond donors (Lipinski definition) is 0. The molecular weight excluding hydrogens is 242 g/mol. The van der Waals surface area contributed by atoms with E-state index in [0.717, 1.165) is 5.56 Å². The highest BCUT2D eigenvalue weighted by Gasteiger charge is 2.15. The molecule has 19 heavy (non-hydrogen) atoms. The van der Waals surface area contributed by atoms with Gasteiger partial charge in [-0.2, -0.15) is 0 Å². The quantitative estimate of drug-likeness (QED) is 0.790. The highest BCUT2D eigenvalue weighted by Crippen LogP contribution is 2.30. The van der Waals surface area contributed by atoms with Gasteiger partial charge in [-0.15, -0.1) is 0 Å². The van der Waals surface area contributed by atoms with E-state index < -0.39 is 0 Å². The first-order chi connectivity index (χ1) is 9.17. The van der Waals surface area contributed by atoms with E-state index in [2.05, 4.69) is 4.98 Å². The molecule has 0 saturated carbocycles. The second-order valence-electron chi connectivity index (χ2n) is 4.05. The Morgan fingerprint density at radius 2 is 1.74 bits per heavy atom. The Balaban J connectivity index is 2.48. The van der Waals surface area contributed by atoms with Crippen molar-refractivity contribution in [3.63, 3.8) is 0 Å². The molecule has 0 aliphatic heterocycles. The maximum Gasteiger partial charge on any atom is 0.211 e. The zero-order chi connectivity index (χ0) is 13.8. The fourth-order valence-corrected chi connectivity index (χ4v) is 1.86. The largest absolute Gasteiger partial charge is 0.496 e. The van der Waals surface area contributed by atoms with Crippen LogP contribution in [0.3, 0.4) is 0 Å². The minimum absolute atomic E-state index is 0.155. The van der Waals surface area contributed by atoms with E-state index in [9.17, 15) is 4.79 Å². The van der Waals surface area contributed by atoms with Crippen LogP contribution in [0.4, 0.5) is 0 Å². The molecular formula is C15H15NO3. The third-order valence-electron chi connectivity index (χ3n) is 2.91. The lowest BCUT2D eigenvalue weighted by Gasteiger charge is -2.11. The van der Waals surface area contributed by atoms with Gasteiger partial charge in [0.15, 0.2) is 0 Å². The zero-order valence-electron chi connectivity index (χ0n) is 11.1. The fraction of sp³-hybridized carbons (Fsp3) is 0.200. The molecule has 0 saturated heterocycles. The number of carbonyl (C=O) groups is 1. The Hall–Kier alpha value is -2.36. The predicted molar refractivity (Wildman–Crippen MR) is 72.0 cm³/mol. The molecule has 1 heterocycles. The van der Waals surface area contributed by atoms with Crippen LogP contribution in [0.25, 0.3) is 0 Å². The smallest absolute Gasteiger partial charge is 0.211 e. The van der Waals surface area contributed by atoms with Gasteiger partial charge >= 0.3 is 0 Å². The van der Waals surface area contributed by atoms with Gasteiger partial charge in [0.05, 0.1) is 14.2 Å². The summed E-state index contributed by atoms with van der Waals surface area (Å²) in [6.45, 7) is 1.88. The Bertz CT molecular complexity index is 569. The molecule has 4 heteroatoms. The van der Waals surface area contributed by atoms with Crippen molar-refractivity contribution < 1.29 is 14.3 Å². The minimum Gasteiger partial charge on any atom is -0.496 e. The Labute approximate surface area is 112 Å². The Morgan fingerprint density at radius 1 is 1.11 bits per heavy atom. The van der Waals surface area contributed by atoms with Crippen LogP contribution in [-0.4, -0.2) is 25.0 Å². The van der Waals surface area contributed by atoms with Gasteiger partial charge in [0.25, 0.3) is 0 Å². The highest BCUT2D eigenvalue weighted by atomic mass is 16.5. The van der Waals surface area contributed by atoms with Gasteiger partial charge in [-0.05, 0) is 31.2 Å². The first-order valence-corrected chi connectivity index (χ1v) is 5.85. The molecule has 0 amide bonds. The Kier molecular flexibility index (Phi) is 3.80. The summed E-state index contributed by atoms with van der Waals surface area (Å²) in [5, 5.41) is 0. The van der Waals surface area contributed by atoms with E-state index in [-0.39, 0.29) is 5.78 Å². The summed E-state index contributed by atoms with van der Waals surface area (Å²) < 4.78 is 10.5. The van der Waals surface area contributed by atoms with Crippen LogP contribution in [0.2, 0.25) is 0 Å². The van der Waals surface area contributed by atoms with Crippen molar-refractivity contribution in [3.8, 4) is 11.5 Å². The number of nitrogens with zero attached hydrogens (tertiary/aromatic N) is 1. The van der Waals surface area contributed by atoms with Crippen LogP contribution in [0.1, 0.15) is 21.6 Å². The zero-order valence-corrected chi connectivity index (χ0v) is 11.1. The standard InChI is InChI=1S/C15H15NO3/c1-10-13(18-2)8-11(9-14(10)19-3)15(17)12-6-4-5-7-16-12/h4-9H,1-3H3. The van der Waals surface area contributed by atoms with Gasteiger partial charge < -0.3 is 9.47 Å². The van der Waals surface area contributed by atoms with Gasteiger partial charge in [-0.1, -0.05) is 6.07 Å². The van der Waals surface area contributed by atoms with E-state index in [0.29, 0.717) is 22.8 Å². The average molecular weight is 257 g/mol. The molecule has 0 N–H and O–H groups in total. The Morgan fingerprint density at radius 3 is 2.21 bits per heavy atom. The molecule has 4 nitrogen and oxygen atoms in total. The lowest BCUT2D eigenvalue weighted by molar-refractivity contribution is 0.103. The number of ketones is 1. The molecule has 0 aliphatic rings. The van der Waals surface area contributed by atoms with E-state index >= 15 is 0 Å². The lowest BCUT2D eigenvalue weighted by atomic mass is 10.0. The third kappa shape index (κ3) is 2.57. The predicted octanol–water partition coefficient (Wildman–Crippen LogP) is 2.64. The summed E-state index contributed by atoms with van der Waals surface area (Å²) in [5.74, 6) is 1.09. The first kappa shape index (κ1) is 13.1. The minimum atomic E-state index is -0.155. The topological polar surface area (TPSA) is 48.4 Å². The molecule has 0 atom stereocenters. The van der Waals surface area contributed by atoms with Crippen LogP contribution in [-0.2, 0) is 0 Å². The van der Waals surface area contributed by atoms with Crippen LogP contribution in [0, 0.1) is 6.92 Å². The van der Waals surface area contributed by atoms with Crippen LogP contribution in [0.15, 0.2) is 36.5 Å². The number of carbonyl (C=O) groups excluding carboxylic acids is 1. The SMILES string of the molecule is COc1cc(C(=O)c2ccccn2)cc(OC)c1C. The van der Waals surface area contributed by atoms with Crippen molar-refractivity contribution in [3.05, 3.63) is 53.3 Å². The fourth-order valence-electron chi connectivity index (χ4n) is 1.86. The second-order valence-corrected chi connectivity index (χ2v) is 4.05. The summed E-state index contributed by atoms with van der Waals surface area (Å²) in [5.41, 5.74) is 1.76. The summed E-state index contributed by atoms with van der Waals surface area (Å²) >= 11 is 0. The summed E-state index contributed by atoms with van der Waals surface area (Å²) in [7, 11) is 3.13. The molecule has 2 rings (SSSR count). The number of benzene rings is 1. The molecule has 0 fully saturated rings. The summed E-state index contributed by atoms with van der Waals surface area (Å²) in [4.78, 5) is 16.4. The van der Waals surface area contributed by atoms with Gasteiger partial charge in [0, 0.05) is 17.3 Å². The molecule has 0 spiro atoms. The van der Waals surface area contributed by atoms with E-state index in [1.165, 1.54) is 0 Å². The highest BCUT2D eigenvalue weighted by molar-refractivity contribution is 6.08. The van der Waals surface area contributed by atoms with E-state index in [4.69, 9.17) is 9.47 Å². The maximum atomic E-state index is 12.3. The molecule has 0 radical (unpaired) electrons. The lowest BCUT2D eigenvalue weighted by Crippen LogP contribution is -2.05. The maximum absolute atomic E-state index is 12.3. The number of hydrogen-bond acceptors (Lipinski definition) is 4. The van der Waals surface area contributed by atoms with Gasteiger partial charge in [-0.25, -0.2) is 0 Å². The third-order valence-corrected chi connectivity index (χ3v) is 2.91. The summed E-state index contributed by atoms with van der Waals surface area (Å²) in [6, 6.07) is 8.64. The van der Waals surface area contributed by atoms with Gasteiger partial charge in [-0.3, -0.25) is 9.78 Å². The average Bonchev–Trinajstić information content (AvgIpc) is 2.47. The second kappa shape index (κ2) is 5.52. The number of methoxy groups -OCH3 is 2. The van der Waals surface area contributed by atoms with Gasteiger partial charge in [0.2, 0.25) is 5.78 Å². The van der Waals surface area contributed by atoms with Crippen molar-refractivity contribution in [2.24, 2.45) is 0 Å². The van der Waals surface area contributed by atoms with Crippen LogP contribution < -0.4 is 9.47 Å². The van der Waals surface area contributed by atoms with E-state index in [1.54, 1.807) is 50.7 Å². The van der Waals surface area contributed by atoms with Crippen LogP contribution in [0.5, 0.6) is 11.5 Å². The molecule has 0 unspecified atom stereocenters. The van der Waals surface area contributed by atoms with Crippen molar-refractivity contribution in [1.82, 2.24) is 4.98 Å². The molecule has 1 aromatic heterocycles. The number of ether oxygens (including phenoxy) is 2. The van der Waals surface area contributed by atoms with Crippen molar-refractivity contribution >= 4 is 5.78 Å². The molecule has 0 bridgehead atoms. The van der Waals surface area contributed by atoms with Crippen molar-refractivity contribution in [2.45, 2.75) is 6.92 Å². The number of rotatable bonds is 4. The molecule has 1 aromatic carbocycles. The van der Waals surface area contributed by atoms with E-state index in [1.807, 2.05) is 6.92 Å². The summed E-state index contributed by atoms with van der Waals surface area (Å²) in [6.07, 6.45) is 1.59. The molecule has 0 aliphatic carbocycles. The normalized spacial score (nSPS) is 10.1. The number of aromatic nitrogens is 1. The van der Waals surface area contributed by atoms with Gasteiger partial charge in [0.1, 0.15) is 17.2 Å². The number of pyridine rings is 1.